The van der Waals surface area contributed by atoms with Gasteiger partial charge in [0, 0.05) is 30.0 Å². The molecule has 3 rings (SSSR count). The van der Waals surface area contributed by atoms with Gasteiger partial charge in [-0.1, -0.05) is 0 Å². The molecule has 0 atom stereocenters. The van der Waals surface area contributed by atoms with Crippen LogP contribution >= 0.6 is 15.9 Å². The van der Waals surface area contributed by atoms with Gasteiger partial charge in [-0.05, 0) is 34.1 Å². The van der Waals surface area contributed by atoms with E-state index in [4.69, 9.17) is 5.26 Å². The number of aromatic nitrogens is 2. The largest absolute Gasteiger partial charge is 0.361 e. The maximum atomic E-state index is 8.87. The predicted molar refractivity (Wildman–Crippen MR) is 72.1 cm³/mol. The molecule has 0 saturated heterocycles. The zero-order chi connectivity index (χ0) is 12.5. The second-order valence-corrected chi connectivity index (χ2v) is 5.09. The quantitative estimate of drug-likeness (QED) is 0.813. The van der Waals surface area contributed by atoms with Crippen molar-refractivity contribution in [2.75, 3.05) is 11.4 Å². The molecular weight excluding hydrogens is 292 g/mol. The van der Waals surface area contributed by atoms with Crippen molar-refractivity contribution in [1.29, 1.82) is 5.26 Å². The molecule has 90 valence electrons. The monoisotopic (exact) mass is 302 g/mol. The van der Waals surface area contributed by atoms with E-state index in [1.807, 2.05) is 30.6 Å². The van der Waals surface area contributed by atoms with Crippen LogP contribution in [0.25, 0.3) is 0 Å². The smallest absolute Gasteiger partial charge is 0.128 e. The SMILES string of the molecule is N#Cc1ccc(N2CCn3ccnc3C2)c(Br)c1. The summed E-state index contributed by atoms with van der Waals surface area (Å²) in [7, 11) is 0. The lowest BCUT2D eigenvalue weighted by Gasteiger charge is -2.30. The first-order valence-corrected chi connectivity index (χ1v) is 6.52. The summed E-state index contributed by atoms with van der Waals surface area (Å²) < 4.78 is 3.13. The molecule has 0 N–H and O–H groups in total. The normalized spacial score (nSPS) is 14.1. The number of nitrogens with zero attached hydrogens (tertiary/aromatic N) is 4. The number of imidazole rings is 1. The molecule has 0 spiro atoms. The van der Waals surface area contributed by atoms with Gasteiger partial charge in [-0.15, -0.1) is 0 Å². The summed E-state index contributed by atoms with van der Waals surface area (Å²) in [5, 5.41) is 8.87. The van der Waals surface area contributed by atoms with Gasteiger partial charge >= 0.3 is 0 Å². The van der Waals surface area contributed by atoms with Crippen LogP contribution in [0.5, 0.6) is 0 Å². The van der Waals surface area contributed by atoms with E-state index >= 15 is 0 Å². The van der Waals surface area contributed by atoms with Gasteiger partial charge in [-0.2, -0.15) is 5.26 Å². The van der Waals surface area contributed by atoms with E-state index in [2.05, 4.69) is 36.5 Å². The number of hydrogen-bond acceptors (Lipinski definition) is 3. The zero-order valence-corrected chi connectivity index (χ0v) is 11.3. The lowest BCUT2D eigenvalue weighted by atomic mass is 10.2. The van der Waals surface area contributed by atoms with Crippen LogP contribution in [0.3, 0.4) is 0 Å². The highest BCUT2D eigenvalue weighted by atomic mass is 79.9. The second-order valence-electron chi connectivity index (χ2n) is 4.24. The molecular formula is C13H11BrN4. The summed E-state index contributed by atoms with van der Waals surface area (Å²) >= 11 is 3.53. The van der Waals surface area contributed by atoms with Crippen molar-refractivity contribution in [1.82, 2.24) is 9.55 Å². The fraction of sp³-hybridized carbons (Fsp3) is 0.231. The third kappa shape index (κ3) is 1.89. The van der Waals surface area contributed by atoms with Crippen LogP contribution in [0, 0.1) is 11.3 Å². The lowest BCUT2D eigenvalue weighted by molar-refractivity contribution is 0.559. The van der Waals surface area contributed by atoms with Crippen LogP contribution in [0.2, 0.25) is 0 Å². The first-order valence-electron chi connectivity index (χ1n) is 5.72. The van der Waals surface area contributed by atoms with Gasteiger partial charge < -0.3 is 9.47 Å². The highest BCUT2D eigenvalue weighted by molar-refractivity contribution is 9.10. The topological polar surface area (TPSA) is 44.9 Å². The third-order valence-electron chi connectivity index (χ3n) is 3.16. The molecule has 1 aromatic heterocycles. The van der Waals surface area contributed by atoms with Crippen LogP contribution in [-0.4, -0.2) is 16.1 Å². The maximum absolute atomic E-state index is 8.87. The van der Waals surface area contributed by atoms with Crippen molar-refractivity contribution in [3.63, 3.8) is 0 Å². The van der Waals surface area contributed by atoms with Crippen LogP contribution in [0.15, 0.2) is 35.1 Å². The van der Waals surface area contributed by atoms with E-state index in [9.17, 15) is 0 Å². The average Bonchev–Trinajstić information content (AvgIpc) is 2.85. The molecule has 2 heterocycles. The Bertz CT molecular complexity index is 626. The summed E-state index contributed by atoms with van der Waals surface area (Å²) in [5.74, 6) is 1.08. The van der Waals surface area contributed by atoms with Gasteiger partial charge in [0.2, 0.25) is 0 Å². The molecule has 1 aromatic carbocycles. The van der Waals surface area contributed by atoms with E-state index in [0.29, 0.717) is 5.56 Å². The highest BCUT2D eigenvalue weighted by Crippen LogP contribution is 2.29. The van der Waals surface area contributed by atoms with Crippen molar-refractivity contribution in [3.05, 3.63) is 46.5 Å². The first-order chi connectivity index (χ1) is 8.78. The molecule has 2 aromatic rings. The Balaban J connectivity index is 1.91. The van der Waals surface area contributed by atoms with Gasteiger partial charge in [0.15, 0.2) is 0 Å². The summed E-state index contributed by atoms with van der Waals surface area (Å²) in [4.78, 5) is 6.62. The first kappa shape index (κ1) is 11.3. The molecule has 0 unspecified atom stereocenters. The molecule has 0 radical (unpaired) electrons. The number of nitriles is 1. The summed E-state index contributed by atoms with van der Waals surface area (Å²) in [6.45, 7) is 2.70. The van der Waals surface area contributed by atoms with Crippen molar-refractivity contribution in [2.45, 2.75) is 13.1 Å². The van der Waals surface area contributed by atoms with Gasteiger partial charge in [0.25, 0.3) is 0 Å². The molecule has 0 aliphatic carbocycles. The van der Waals surface area contributed by atoms with Gasteiger partial charge in [0.1, 0.15) is 5.82 Å². The summed E-state index contributed by atoms with van der Waals surface area (Å²) in [6, 6.07) is 7.84. The molecule has 0 amide bonds. The van der Waals surface area contributed by atoms with E-state index in [0.717, 1.165) is 35.6 Å². The zero-order valence-electron chi connectivity index (χ0n) is 9.67. The number of halogens is 1. The lowest BCUT2D eigenvalue weighted by Crippen LogP contribution is -2.33. The van der Waals surface area contributed by atoms with Crippen LogP contribution in [0.4, 0.5) is 5.69 Å². The maximum Gasteiger partial charge on any atom is 0.128 e. The van der Waals surface area contributed by atoms with E-state index in [1.54, 1.807) is 0 Å². The van der Waals surface area contributed by atoms with Crippen molar-refractivity contribution in [2.24, 2.45) is 0 Å². The second kappa shape index (κ2) is 4.46. The van der Waals surface area contributed by atoms with Crippen molar-refractivity contribution in [3.8, 4) is 6.07 Å². The third-order valence-corrected chi connectivity index (χ3v) is 3.80. The van der Waals surface area contributed by atoms with E-state index in [1.165, 1.54) is 0 Å². The van der Waals surface area contributed by atoms with Crippen molar-refractivity contribution < 1.29 is 0 Å². The van der Waals surface area contributed by atoms with Gasteiger partial charge in [0.05, 0.1) is 23.9 Å². The number of hydrogen-bond donors (Lipinski definition) is 0. The predicted octanol–water partition coefficient (Wildman–Crippen LogP) is 2.54. The minimum Gasteiger partial charge on any atom is -0.361 e. The molecule has 0 saturated carbocycles. The molecule has 1 aliphatic rings. The van der Waals surface area contributed by atoms with Gasteiger partial charge in [-0.25, -0.2) is 4.98 Å². The standard InChI is InChI=1S/C13H11BrN4/c14-11-7-10(8-15)1-2-12(11)18-6-5-17-4-3-16-13(17)9-18/h1-4,7H,5-6,9H2. The number of fused-ring (bicyclic) bond motifs is 1. The fourth-order valence-electron chi connectivity index (χ4n) is 2.21. The molecule has 0 fully saturated rings. The van der Waals surface area contributed by atoms with Gasteiger partial charge in [-0.3, -0.25) is 0 Å². The molecule has 4 nitrogen and oxygen atoms in total. The Morgan fingerprint density at radius 3 is 3.00 bits per heavy atom. The minimum atomic E-state index is 0.670. The van der Waals surface area contributed by atoms with E-state index < -0.39 is 0 Å². The van der Waals surface area contributed by atoms with Crippen LogP contribution in [-0.2, 0) is 13.1 Å². The molecule has 1 aliphatic heterocycles. The summed E-state index contributed by atoms with van der Waals surface area (Å²) in [6.07, 6.45) is 3.85. The molecule has 0 bridgehead atoms. The number of anilines is 1. The Kier molecular flexibility index (Phi) is 2.80. The fourth-order valence-corrected chi connectivity index (χ4v) is 2.84. The number of benzene rings is 1. The molecule has 5 heteroatoms. The minimum absolute atomic E-state index is 0.670. The van der Waals surface area contributed by atoms with Crippen LogP contribution < -0.4 is 4.90 Å². The van der Waals surface area contributed by atoms with Crippen LogP contribution in [0.1, 0.15) is 11.4 Å². The average molecular weight is 303 g/mol. The highest BCUT2D eigenvalue weighted by Gasteiger charge is 2.18. The Morgan fingerprint density at radius 2 is 2.22 bits per heavy atom. The Labute approximate surface area is 114 Å². The molecule has 18 heavy (non-hydrogen) atoms. The Hall–Kier alpha value is -1.80. The van der Waals surface area contributed by atoms with Crippen molar-refractivity contribution >= 4 is 21.6 Å². The summed E-state index contributed by atoms with van der Waals surface area (Å²) in [5.41, 5.74) is 1.78. The number of rotatable bonds is 1. The van der Waals surface area contributed by atoms with E-state index in [-0.39, 0.29) is 0 Å². The Morgan fingerprint density at radius 1 is 1.33 bits per heavy atom.